The quantitative estimate of drug-likeness (QED) is 0.269. The standard InChI is InChI=1S/C26H42N2/c1-3-5-6-7-8-9-10-11-15-19-25(22-24-17-13-12-14-18-24)26(16-4-2)28-21-20-27-23-28/h12-14,17-18,20-21,23,25-26H,3-11,15-16,19,22H2,1-2H3. The summed E-state index contributed by atoms with van der Waals surface area (Å²) >= 11 is 0. The van der Waals surface area contributed by atoms with Gasteiger partial charge in [-0.3, -0.25) is 0 Å². The zero-order chi connectivity index (χ0) is 19.9. The Bertz CT molecular complexity index is 576. The van der Waals surface area contributed by atoms with Gasteiger partial charge in [0, 0.05) is 18.4 Å². The van der Waals surface area contributed by atoms with E-state index in [1.807, 2.05) is 12.5 Å². The number of nitrogens with zero attached hydrogens (tertiary/aromatic N) is 2. The molecule has 0 saturated heterocycles. The Morgan fingerprint density at radius 3 is 2.07 bits per heavy atom. The molecule has 2 unspecified atom stereocenters. The highest BCUT2D eigenvalue weighted by atomic mass is 15.1. The summed E-state index contributed by atoms with van der Waals surface area (Å²) in [4.78, 5) is 4.33. The molecule has 0 saturated carbocycles. The van der Waals surface area contributed by atoms with E-state index in [-0.39, 0.29) is 0 Å². The van der Waals surface area contributed by atoms with Crippen LogP contribution in [0, 0.1) is 5.92 Å². The first-order chi connectivity index (χ1) is 13.8. The number of aromatic nitrogens is 2. The van der Waals surface area contributed by atoms with Gasteiger partial charge < -0.3 is 4.57 Å². The monoisotopic (exact) mass is 382 g/mol. The van der Waals surface area contributed by atoms with Gasteiger partial charge in [-0.1, -0.05) is 108 Å². The summed E-state index contributed by atoms with van der Waals surface area (Å²) in [5.74, 6) is 0.695. The van der Waals surface area contributed by atoms with Gasteiger partial charge in [-0.15, -0.1) is 0 Å². The first-order valence-corrected chi connectivity index (χ1v) is 11.9. The van der Waals surface area contributed by atoms with Crippen LogP contribution in [-0.4, -0.2) is 9.55 Å². The summed E-state index contributed by atoms with van der Waals surface area (Å²) in [6.45, 7) is 4.60. The molecule has 0 aliphatic heterocycles. The molecule has 0 bridgehead atoms. The smallest absolute Gasteiger partial charge is 0.0948 e. The molecule has 1 aromatic carbocycles. The summed E-state index contributed by atoms with van der Waals surface area (Å²) in [7, 11) is 0. The average molecular weight is 383 g/mol. The Hall–Kier alpha value is -1.57. The fraction of sp³-hybridized carbons (Fsp3) is 0.654. The lowest BCUT2D eigenvalue weighted by Crippen LogP contribution is -2.21. The minimum absolute atomic E-state index is 0.571. The van der Waals surface area contributed by atoms with Crippen LogP contribution in [0.4, 0.5) is 0 Å². The van der Waals surface area contributed by atoms with Gasteiger partial charge in [-0.2, -0.15) is 0 Å². The predicted molar refractivity (Wildman–Crippen MR) is 122 cm³/mol. The van der Waals surface area contributed by atoms with Crippen LogP contribution in [0.2, 0.25) is 0 Å². The maximum absolute atomic E-state index is 4.33. The van der Waals surface area contributed by atoms with Crippen molar-refractivity contribution in [1.82, 2.24) is 9.55 Å². The van der Waals surface area contributed by atoms with Crippen LogP contribution in [0.1, 0.15) is 103 Å². The van der Waals surface area contributed by atoms with Crippen molar-refractivity contribution in [3.8, 4) is 0 Å². The lowest BCUT2D eigenvalue weighted by Gasteiger charge is -2.28. The topological polar surface area (TPSA) is 17.8 Å². The minimum atomic E-state index is 0.571. The molecule has 0 spiro atoms. The van der Waals surface area contributed by atoms with Crippen LogP contribution in [0.5, 0.6) is 0 Å². The van der Waals surface area contributed by atoms with Crippen LogP contribution in [0.25, 0.3) is 0 Å². The van der Waals surface area contributed by atoms with E-state index in [4.69, 9.17) is 0 Å². The Labute approximate surface area is 173 Å². The van der Waals surface area contributed by atoms with Gasteiger partial charge in [-0.05, 0) is 30.7 Å². The van der Waals surface area contributed by atoms with Gasteiger partial charge in [0.05, 0.1) is 6.33 Å². The van der Waals surface area contributed by atoms with E-state index in [0.717, 1.165) is 0 Å². The molecule has 156 valence electrons. The second kappa shape index (κ2) is 14.4. The molecule has 0 fully saturated rings. The summed E-state index contributed by atoms with van der Waals surface area (Å²) in [6, 6.07) is 11.6. The Kier molecular flexibility index (Phi) is 11.7. The molecular weight excluding hydrogens is 340 g/mol. The van der Waals surface area contributed by atoms with Crippen molar-refractivity contribution in [1.29, 1.82) is 0 Å². The van der Waals surface area contributed by atoms with Crippen LogP contribution in [-0.2, 0) is 6.42 Å². The second-order valence-electron chi connectivity index (χ2n) is 8.43. The van der Waals surface area contributed by atoms with E-state index in [0.29, 0.717) is 12.0 Å². The number of hydrogen-bond acceptors (Lipinski definition) is 1. The molecule has 0 amide bonds. The molecule has 0 N–H and O–H groups in total. The van der Waals surface area contributed by atoms with Crippen LogP contribution < -0.4 is 0 Å². The minimum Gasteiger partial charge on any atom is -0.334 e. The molecule has 2 rings (SSSR count). The highest BCUT2D eigenvalue weighted by molar-refractivity contribution is 5.15. The van der Waals surface area contributed by atoms with Gasteiger partial charge in [-0.25, -0.2) is 4.98 Å². The van der Waals surface area contributed by atoms with Crippen molar-refractivity contribution in [2.45, 2.75) is 103 Å². The zero-order valence-electron chi connectivity index (χ0n) is 18.4. The summed E-state index contributed by atoms with van der Waals surface area (Å²) in [5, 5.41) is 0. The Balaban J connectivity index is 1.84. The molecule has 28 heavy (non-hydrogen) atoms. The van der Waals surface area contributed by atoms with E-state index in [2.05, 4.69) is 59.9 Å². The first kappa shape index (κ1) is 22.7. The molecule has 2 aromatic rings. The van der Waals surface area contributed by atoms with E-state index in [1.165, 1.54) is 89.0 Å². The lowest BCUT2D eigenvalue weighted by molar-refractivity contribution is 0.280. The van der Waals surface area contributed by atoms with Crippen molar-refractivity contribution in [3.63, 3.8) is 0 Å². The first-order valence-electron chi connectivity index (χ1n) is 11.9. The van der Waals surface area contributed by atoms with E-state index in [9.17, 15) is 0 Å². The van der Waals surface area contributed by atoms with Crippen LogP contribution in [0.3, 0.4) is 0 Å². The molecule has 2 nitrogen and oxygen atoms in total. The molecule has 0 aliphatic carbocycles. The molecular formula is C26H42N2. The van der Waals surface area contributed by atoms with Crippen LogP contribution >= 0.6 is 0 Å². The second-order valence-corrected chi connectivity index (χ2v) is 8.43. The molecule has 2 atom stereocenters. The number of benzene rings is 1. The van der Waals surface area contributed by atoms with Gasteiger partial charge in [0.15, 0.2) is 0 Å². The molecule has 0 aliphatic rings. The highest BCUT2D eigenvalue weighted by Crippen LogP contribution is 2.31. The molecule has 1 heterocycles. The fourth-order valence-electron chi connectivity index (χ4n) is 4.45. The SMILES string of the molecule is CCCCCCCCCCCC(Cc1ccccc1)C(CCC)n1ccnc1. The van der Waals surface area contributed by atoms with Crippen molar-refractivity contribution >= 4 is 0 Å². The maximum atomic E-state index is 4.33. The van der Waals surface area contributed by atoms with Crippen molar-refractivity contribution in [3.05, 3.63) is 54.6 Å². The third-order valence-electron chi connectivity index (χ3n) is 6.06. The van der Waals surface area contributed by atoms with Gasteiger partial charge in [0.25, 0.3) is 0 Å². The van der Waals surface area contributed by atoms with Gasteiger partial charge in [0.2, 0.25) is 0 Å². The number of rotatable bonds is 16. The lowest BCUT2D eigenvalue weighted by atomic mass is 9.85. The fourth-order valence-corrected chi connectivity index (χ4v) is 4.45. The number of unbranched alkanes of at least 4 members (excludes halogenated alkanes) is 8. The van der Waals surface area contributed by atoms with Crippen molar-refractivity contribution in [2.24, 2.45) is 5.92 Å². The van der Waals surface area contributed by atoms with Gasteiger partial charge in [0.1, 0.15) is 0 Å². The van der Waals surface area contributed by atoms with Gasteiger partial charge >= 0.3 is 0 Å². The molecule has 1 aromatic heterocycles. The van der Waals surface area contributed by atoms with Crippen molar-refractivity contribution < 1.29 is 0 Å². The average Bonchev–Trinajstić information content (AvgIpc) is 3.25. The third-order valence-corrected chi connectivity index (χ3v) is 6.06. The normalized spacial score (nSPS) is 13.5. The number of hydrogen-bond donors (Lipinski definition) is 0. The molecule has 2 heteroatoms. The Morgan fingerprint density at radius 2 is 1.46 bits per heavy atom. The summed E-state index contributed by atoms with van der Waals surface area (Å²) < 4.78 is 2.37. The largest absolute Gasteiger partial charge is 0.334 e. The van der Waals surface area contributed by atoms with E-state index in [1.54, 1.807) is 0 Å². The molecule has 0 radical (unpaired) electrons. The maximum Gasteiger partial charge on any atom is 0.0948 e. The van der Waals surface area contributed by atoms with Crippen LogP contribution in [0.15, 0.2) is 49.1 Å². The number of imidazole rings is 1. The van der Waals surface area contributed by atoms with E-state index >= 15 is 0 Å². The third kappa shape index (κ3) is 8.63. The zero-order valence-corrected chi connectivity index (χ0v) is 18.4. The van der Waals surface area contributed by atoms with E-state index < -0.39 is 0 Å². The predicted octanol–water partition coefficient (Wildman–Crippen LogP) is 8.00. The summed E-state index contributed by atoms with van der Waals surface area (Å²) in [6.07, 6.45) is 23.7. The Morgan fingerprint density at radius 1 is 0.786 bits per heavy atom. The summed E-state index contributed by atoms with van der Waals surface area (Å²) in [5.41, 5.74) is 1.48. The highest BCUT2D eigenvalue weighted by Gasteiger charge is 2.22. The van der Waals surface area contributed by atoms with Crippen molar-refractivity contribution in [2.75, 3.05) is 0 Å².